The summed E-state index contributed by atoms with van der Waals surface area (Å²) in [4.78, 5) is 2.43. The topological polar surface area (TPSA) is 16.4 Å². The molecule has 0 bridgehead atoms. The van der Waals surface area contributed by atoms with Crippen LogP contribution in [-0.2, 0) is 0 Å². The fourth-order valence-corrected chi connectivity index (χ4v) is 8.00. The van der Waals surface area contributed by atoms with Gasteiger partial charge in [-0.25, -0.2) is 0 Å². The molecule has 0 spiro atoms. The molecule has 0 aliphatic carbocycles. The van der Waals surface area contributed by atoms with Gasteiger partial charge in [0.1, 0.15) is 11.2 Å². The van der Waals surface area contributed by atoms with Crippen molar-refractivity contribution in [3.05, 3.63) is 212 Å². The average Bonchev–Trinajstić information content (AvgIpc) is 3.65. The molecular formula is C52H35NO. The van der Waals surface area contributed by atoms with Gasteiger partial charge in [0, 0.05) is 33.0 Å². The summed E-state index contributed by atoms with van der Waals surface area (Å²) in [6, 6.07) is 75.8. The van der Waals surface area contributed by atoms with Gasteiger partial charge in [-0.1, -0.05) is 176 Å². The van der Waals surface area contributed by atoms with Crippen molar-refractivity contribution in [1.29, 1.82) is 0 Å². The summed E-state index contributed by atoms with van der Waals surface area (Å²) >= 11 is 0. The number of hydrogen-bond donors (Lipinski definition) is 0. The first-order chi connectivity index (χ1) is 26.8. The SMILES string of the molecule is c1ccc(-c2ccc(N(c3ccccc3-c3ccccc3-c3ccccc3)c3ccccc3-c3cccc4oc5c6ccccc6ccc5c34)cc2)cc1. The molecule has 1 heterocycles. The first kappa shape index (κ1) is 31.6. The lowest BCUT2D eigenvalue weighted by molar-refractivity contribution is 0.673. The average molecular weight is 690 g/mol. The Labute approximate surface area is 314 Å². The van der Waals surface area contributed by atoms with Crippen LogP contribution in [0.3, 0.4) is 0 Å². The maximum absolute atomic E-state index is 6.67. The van der Waals surface area contributed by atoms with Crippen LogP contribution < -0.4 is 4.90 Å². The number of anilines is 3. The van der Waals surface area contributed by atoms with E-state index in [-0.39, 0.29) is 0 Å². The van der Waals surface area contributed by atoms with Crippen molar-refractivity contribution in [3.63, 3.8) is 0 Å². The Morgan fingerprint density at radius 3 is 1.57 bits per heavy atom. The van der Waals surface area contributed by atoms with Gasteiger partial charge < -0.3 is 9.32 Å². The lowest BCUT2D eigenvalue weighted by Gasteiger charge is -2.30. The molecule has 0 unspecified atom stereocenters. The van der Waals surface area contributed by atoms with Gasteiger partial charge in [0.15, 0.2) is 0 Å². The van der Waals surface area contributed by atoms with Crippen molar-refractivity contribution in [2.75, 3.05) is 4.90 Å². The van der Waals surface area contributed by atoms with E-state index in [0.717, 1.165) is 61.1 Å². The summed E-state index contributed by atoms with van der Waals surface area (Å²) in [6.07, 6.45) is 0. The van der Waals surface area contributed by atoms with Gasteiger partial charge in [0.25, 0.3) is 0 Å². The zero-order valence-electron chi connectivity index (χ0n) is 29.6. The lowest BCUT2D eigenvalue weighted by atomic mass is 9.92. The summed E-state index contributed by atoms with van der Waals surface area (Å²) in [5.41, 5.74) is 14.4. The summed E-state index contributed by atoms with van der Waals surface area (Å²) in [7, 11) is 0. The van der Waals surface area contributed by atoms with Crippen molar-refractivity contribution < 1.29 is 4.42 Å². The first-order valence-electron chi connectivity index (χ1n) is 18.4. The predicted octanol–water partition coefficient (Wildman–Crippen LogP) is 14.9. The van der Waals surface area contributed by atoms with Crippen LogP contribution in [-0.4, -0.2) is 0 Å². The number of para-hydroxylation sites is 2. The summed E-state index contributed by atoms with van der Waals surface area (Å²) < 4.78 is 6.67. The molecule has 54 heavy (non-hydrogen) atoms. The summed E-state index contributed by atoms with van der Waals surface area (Å²) in [5, 5.41) is 4.53. The van der Waals surface area contributed by atoms with Gasteiger partial charge >= 0.3 is 0 Å². The summed E-state index contributed by atoms with van der Waals surface area (Å²) in [5.74, 6) is 0. The molecular weight excluding hydrogens is 655 g/mol. The fourth-order valence-electron chi connectivity index (χ4n) is 8.00. The molecule has 10 rings (SSSR count). The Morgan fingerprint density at radius 1 is 0.315 bits per heavy atom. The van der Waals surface area contributed by atoms with Crippen LogP contribution in [0.1, 0.15) is 0 Å². The third kappa shape index (κ3) is 5.44. The smallest absolute Gasteiger partial charge is 0.143 e. The second-order valence-corrected chi connectivity index (χ2v) is 13.6. The van der Waals surface area contributed by atoms with Crippen molar-refractivity contribution >= 4 is 49.8 Å². The maximum atomic E-state index is 6.67. The number of nitrogens with zero attached hydrogens (tertiary/aromatic N) is 1. The number of furan rings is 1. The van der Waals surface area contributed by atoms with E-state index in [1.54, 1.807) is 0 Å². The molecule has 9 aromatic carbocycles. The minimum absolute atomic E-state index is 0.879. The van der Waals surface area contributed by atoms with E-state index < -0.39 is 0 Å². The lowest BCUT2D eigenvalue weighted by Crippen LogP contribution is -2.12. The zero-order valence-corrected chi connectivity index (χ0v) is 29.6. The van der Waals surface area contributed by atoms with Crippen molar-refractivity contribution in [1.82, 2.24) is 0 Å². The normalized spacial score (nSPS) is 11.3. The maximum Gasteiger partial charge on any atom is 0.143 e. The van der Waals surface area contributed by atoms with E-state index in [2.05, 4.69) is 217 Å². The van der Waals surface area contributed by atoms with E-state index in [1.165, 1.54) is 33.2 Å². The van der Waals surface area contributed by atoms with Gasteiger partial charge in [0.05, 0.1) is 11.4 Å². The van der Waals surface area contributed by atoms with Crippen LogP contribution in [0.5, 0.6) is 0 Å². The largest absolute Gasteiger partial charge is 0.455 e. The molecule has 0 aliphatic rings. The van der Waals surface area contributed by atoms with Gasteiger partial charge in [0.2, 0.25) is 0 Å². The van der Waals surface area contributed by atoms with Gasteiger partial charge in [-0.3, -0.25) is 0 Å². The van der Waals surface area contributed by atoms with Crippen LogP contribution in [0.2, 0.25) is 0 Å². The highest BCUT2D eigenvalue weighted by Gasteiger charge is 2.23. The third-order valence-electron chi connectivity index (χ3n) is 10.5. The van der Waals surface area contributed by atoms with Crippen LogP contribution in [0.4, 0.5) is 17.1 Å². The van der Waals surface area contributed by atoms with Crippen LogP contribution in [0.15, 0.2) is 217 Å². The first-order valence-corrected chi connectivity index (χ1v) is 18.4. The Morgan fingerprint density at radius 2 is 0.852 bits per heavy atom. The van der Waals surface area contributed by atoms with Gasteiger partial charge in [-0.2, -0.15) is 0 Å². The molecule has 254 valence electrons. The number of hydrogen-bond acceptors (Lipinski definition) is 2. The summed E-state index contributed by atoms with van der Waals surface area (Å²) in [6.45, 7) is 0. The van der Waals surface area contributed by atoms with Crippen molar-refractivity contribution in [3.8, 4) is 44.5 Å². The number of fused-ring (bicyclic) bond motifs is 5. The van der Waals surface area contributed by atoms with Crippen molar-refractivity contribution in [2.45, 2.75) is 0 Å². The highest BCUT2D eigenvalue weighted by Crippen LogP contribution is 2.48. The second-order valence-electron chi connectivity index (χ2n) is 13.6. The van der Waals surface area contributed by atoms with E-state index in [1.807, 2.05) is 0 Å². The van der Waals surface area contributed by atoms with Crippen LogP contribution in [0.25, 0.3) is 77.2 Å². The molecule has 0 aliphatic heterocycles. The molecule has 10 aromatic rings. The fraction of sp³-hybridized carbons (Fsp3) is 0. The number of rotatable bonds is 7. The second kappa shape index (κ2) is 13.4. The Bertz CT molecular complexity index is 2920. The molecule has 0 radical (unpaired) electrons. The van der Waals surface area contributed by atoms with E-state index in [9.17, 15) is 0 Å². The standard InChI is InChI=1S/C52H35NO/c1-3-16-36(17-4-1)37-30-33-40(34-31-37)53(48-27-13-11-24-44(48)43-23-10-9-21-41(43)38-18-5-2-6-19-38)49-28-14-12-25-45(49)46-26-15-29-50-51(46)47-35-32-39-20-7-8-22-42(39)52(47)54-50/h1-35H. The van der Waals surface area contributed by atoms with Gasteiger partial charge in [-0.15, -0.1) is 0 Å². The molecule has 2 heteroatoms. The van der Waals surface area contributed by atoms with E-state index in [0.29, 0.717) is 0 Å². The molecule has 0 saturated heterocycles. The predicted molar refractivity (Wildman–Crippen MR) is 228 cm³/mol. The van der Waals surface area contributed by atoms with E-state index in [4.69, 9.17) is 4.42 Å². The minimum atomic E-state index is 0.879. The quantitative estimate of drug-likeness (QED) is 0.166. The van der Waals surface area contributed by atoms with Crippen LogP contribution in [0, 0.1) is 0 Å². The van der Waals surface area contributed by atoms with E-state index >= 15 is 0 Å². The van der Waals surface area contributed by atoms with Gasteiger partial charge in [-0.05, 0) is 75.2 Å². The van der Waals surface area contributed by atoms with Crippen LogP contribution >= 0.6 is 0 Å². The highest BCUT2D eigenvalue weighted by molar-refractivity contribution is 6.19. The molecule has 2 nitrogen and oxygen atoms in total. The number of benzene rings is 9. The Balaban J connectivity index is 1.22. The third-order valence-corrected chi connectivity index (χ3v) is 10.5. The highest BCUT2D eigenvalue weighted by atomic mass is 16.3. The van der Waals surface area contributed by atoms with Crippen molar-refractivity contribution in [2.24, 2.45) is 0 Å². The molecule has 0 N–H and O–H groups in total. The Kier molecular flexibility index (Phi) is 7.85. The minimum Gasteiger partial charge on any atom is -0.455 e. The molecule has 0 atom stereocenters. The molecule has 0 fully saturated rings. The monoisotopic (exact) mass is 689 g/mol. The zero-order chi connectivity index (χ0) is 35.8. The molecule has 1 aromatic heterocycles. The Hall–Kier alpha value is -7.16. The molecule has 0 saturated carbocycles. The molecule has 0 amide bonds.